The molecule has 1 aliphatic carbocycles. The number of carbonyl (C=O) groups excluding carboxylic acids is 1. The van der Waals surface area contributed by atoms with Crippen LogP contribution < -0.4 is 29.6 Å². The molecule has 3 atom stereocenters. The Labute approximate surface area is 135 Å². The van der Waals surface area contributed by atoms with Gasteiger partial charge in [-0.2, -0.15) is 0 Å². The first-order valence-corrected chi connectivity index (χ1v) is 7.40. The molecule has 0 spiro atoms. The third-order valence-corrected chi connectivity index (χ3v) is 4.39. The molecule has 0 amide bonds. The number of aliphatic hydroxyl groups excluding tert-OH is 1. The zero-order chi connectivity index (χ0) is 14.1. The molecule has 3 unspecified atom stereocenters. The fourth-order valence-corrected chi connectivity index (χ4v) is 3.11. The second-order valence-corrected chi connectivity index (χ2v) is 6.70. The summed E-state index contributed by atoms with van der Waals surface area (Å²) in [6, 6.07) is 0. The van der Waals surface area contributed by atoms with Crippen molar-refractivity contribution in [2.24, 2.45) is 17.3 Å². The number of rotatable bonds is 6. The van der Waals surface area contributed by atoms with E-state index in [0.717, 1.165) is 12.8 Å². The predicted molar refractivity (Wildman–Crippen MR) is 62.3 cm³/mol. The molecule has 1 saturated carbocycles. The van der Waals surface area contributed by atoms with Crippen LogP contribution in [0.1, 0.15) is 33.6 Å². The Kier molecular flexibility index (Phi) is 6.99. The standard InChI is InChI=1S/C11H20O6S.Na/c1-4-5-6-17-9(12)7-8(11(7,2)3)10(13)18(14,15)16;/h7-8,10,13H,4-6H2,1-3H3,(H,14,15,16);/q;+1/p-1. The zero-order valence-corrected chi connectivity index (χ0v) is 14.6. The Morgan fingerprint density at radius 3 is 2.42 bits per heavy atom. The summed E-state index contributed by atoms with van der Waals surface area (Å²) in [4.78, 5) is 11.7. The van der Waals surface area contributed by atoms with Crippen molar-refractivity contribution in [1.29, 1.82) is 0 Å². The molecule has 1 N–H and O–H groups in total. The van der Waals surface area contributed by atoms with E-state index in [9.17, 15) is 22.9 Å². The molecule has 1 rings (SSSR count). The third kappa shape index (κ3) is 4.41. The molecule has 0 aromatic rings. The monoisotopic (exact) mass is 302 g/mol. The molecule has 0 bridgehead atoms. The molecule has 106 valence electrons. The quantitative estimate of drug-likeness (QED) is 0.251. The Balaban J connectivity index is 0.00000324. The molecular formula is C11H19NaO6S. The van der Waals surface area contributed by atoms with Gasteiger partial charge >= 0.3 is 35.5 Å². The van der Waals surface area contributed by atoms with Crippen LogP contribution in [-0.4, -0.2) is 36.1 Å². The van der Waals surface area contributed by atoms with E-state index in [1.807, 2.05) is 6.92 Å². The Bertz CT molecular complexity index is 419. The number of carbonyl (C=O) groups is 1. The summed E-state index contributed by atoms with van der Waals surface area (Å²) >= 11 is 0. The van der Waals surface area contributed by atoms with Crippen molar-refractivity contribution >= 4 is 16.1 Å². The Morgan fingerprint density at radius 1 is 1.47 bits per heavy atom. The number of unbranched alkanes of at least 4 members (excludes halogenated alkanes) is 1. The minimum absolute atomic E-state index is 0. The molecule has 19 heavy (non-hydrogen) atoms. The molecule has 0 aromatic heterocycles. The summed E-state index contributed by atoms with van der Waals surface area (Å²) in [6.07, 6.45) is 1.61. The maximum atomic E-state index is 11.7. The van der Waals surface area contributed by atoms with Crippen molar-refractivity contribution in [1.82, 2.24) is 0 Å². The van der Waals surface area contributed by atoms with Crippen LogP contribution in [0.2, 0.25) is 0 Å². The molecule has 0 aromatic carbocycles. The minimum Gasteiger partial charge on any atom is -0.746 e. The van der Waals surface area contributed by atoms with Crippen LogP contribution in [-0.2, 0) is 19.6 Å². The first-order valence-electron chi connectivity index (χ1n) is 5.93. The normalized spacial score (nSPS) is 26.2. The van der Waals surface area contributed by atoms with E-state index < -0.39 is 38.8 Å². The van der Waals surface area contributed by atoms with Gasteiger partial charge in [0, 0.05) is 5.92 Å². The first kappa shape index (κ1) is 19.3. The van der Waals surface area contributed by atoms with Gasteiger partial charge in [-0.1, -0.05) is 27.2 Å². The largest absolute Gasteiger partial charge is 1.00 e. The molecule has 6 nitrogen and oxygen atoms in total. The van der Waals surface area contributed by atoms with Gasteiger partial charge in [0.05, 0.1) is 12.5 Å². The van der Waals surface area contributed by atoms with Gasteiger partial charge in [0.15, 0.2) is 0 Å². The molecule has 8 heteroatoms. The SMILES string of the molecule is CCCCOC(=O)C1C(C(O)S(=O)(=O)[O-])C1(C)C.[Na+]. The van der Waals surface area contributed by atoms with Crippen LogP contribution in [0.4, 0.5) is 0 Å². The fourth-order valence-electron chi connectivity index (χ4n) is 2.25. The van der Waals surface area contributed by atoms with Gasteiger partial charge in [-0.05, 0) is 11.8 Å². The second kappa shape index (κ2) is 6.87. The van der Waals surface area contributed by atoms with E-state index in [0.29, 0.717) is 0 Å². The maximum Gasteiger partial charge on any atom is 1.00 e. The van der Waals surface area contributed by atoms with Gasteiger partial charge in [-0.25, -0.2) is 8.42 Å². The van der Waals surface area contributed by atoms with Gasteiger partial charge < -0.3 is 14.4 Å². The van der Waals surface area contributed by atoms with Crippen molar-refractivity contribution in [2.45, 2.75) is 39.0 Å². The van der Waals surface area contributed by atoms with Crippen LogP contribution in [0.3, 0.4) is 0 Å². The van der Waals surface area contributed by atoms with E-state index in [4.69, 9.17) is 4.74 Å². The summed E-state index contributed by atoms with van der Waals surface area (Å²) in [7, 11) is -4.80. The van der Waals surface area contributed by atoms with Crippen LogP contribution >= 0.6 is 0 Å². The number of hydrogen-bond donors (Lipinski definition) is 1. The molecule has 1 aliphatic rings. The van der Waals surface area contributed by atoms with Gasteiger partial charge in [0.2, 0.25) is 0 Å². The third-order valence-electron chi connectivity index (χ3n) is 3.51. The summed E-state index contributed by atoms with van der Waals surface area (Å²) in [5.41, 5.74) is -2.77. The van der Waals surface area contributed by atoms with E-state index >= 15 is 0 Å². The molecule has 0 radical (unpaired) electrons. The smallest absolute Gasteiger partial charge is 0.746 e. The number of ether oxygens (including phenoxy) is 1. The fraction of sp³-hybridized carbons (Fsp3) is 0.909. The molecule has 1 fully saturated rings. The number of esters is 1. The molecule has 0 aliphatic heterocycles. The van der Waals surface area contributed by atoms with Gasteiger partial charge in [0.25, 0.3) is 0 Å². The van der Waals surface area contributed by atoms with Crippen molar-refractivity contribution < 1.29 is 57.2 Å². The summed E-state index contributed by atoms with van der Waals surface area (Å²) in [5, 5.41) is 9.44. The van der Waals surface area contributed by atoms with Crippen LogP contribution in [0.15, 0.2) is 0 Å². The summed E-state index contributed by atoms with van der Waals surface area (Å²) in [6.45, 7) is 5.50. The van der Waals surface area contributed by atoms with Crippen molar-refractivity contribution in [3.8, 4) is 0 Å². The van der Waals surface area contributed by atoms with Crippen molar-refractivity contribution in [3.05, 3.63) is 0 Å². The number of hydrogen-bond acceptors (Lipinski definition) is 6. The first-order chi connectivity index (χ1) is 8.14. The van der Waals surface area contributed by atoms with Gasteiger partial charge in [-0.15, -0.1) is 0 Å². The van der Waals surface area contributed by atoms with Crippen molar-refractivity contribution in [3.63, 3.8) is 0 Å². The summed E-state index contributed by atoms with van der Waals surface area (Å²) < 4.78 is 37.3. The van der Waals surface area contributed by atoms with Crippen molar-refractivity contribution in [2.75, 3.05) is 6.61 Å². The van der Waals surface area contributed by atoms with E-state index in [-0.39, 0.29) is 36.2 Å². The average Bonchev–Trinajstić information content (AvgIpc) is 2.79. The van der Waals surface area contributed by atoms with E-state index in [1.165, 1.54) is 0 Å². The topological polar surface area (TPSA) is 104 Å². The van der Waals surface area contributed by atoms with Gasteiger partial charge in [0.1, 0.15) is 15.6 Å². The Hall–Kier alpha value is 0.340. The molecular weight excluding hydrogens is 283 g/mol. The van der Waals surface area contributed by atoms with E-state index in [2.05, 4.69) is 0 Å². The van der Waals surface area contributed by atoms with E-state index in [1.54, 1.807) is 13.8 Å². The minimum atomic E-state index is -4.80. The zero-order valence-electron chi connectivity index (χ0n) is 11.8. The maximum absolute atomic E-state index is 11.7. The van der Waals surface area contributed by atoms with Crippen LogP contribution in [0.5, 0.6) is 0 Å². The van der Waals surface area contributed by atoms with Gasteiger partial charge in [-0.3, -0.25) is 4.79 Å². The van der Waals surface area contributed by atoms with Crippen LogP contribution in [0, 0.1) is 17.3 Å². The average molecular weight is 302 g/mol. The molecule has 0 heterocycles. The molecule has 0 saturated heterocycles. The predicted octanol–water partition coefficient (Wildman–Crippen LogP) is -2.53. The second-order valence-electron chi connectivity index (χ2n) is 5.23. The Morgan fingerprint density at radius 2 is 2.00 bits per heavy atom. The van der Waals surface area contributed by atoms with Crippen LogP contribution in [0.25, 0.3) is 0 Å². The number of aliphatic hydroxyl groups is 1. The summed E-state index contributed by atoms with van der Waals surface area (Å²) in [5.74, 6) is -2.15.